The molecule has 1 N–H and O–H groups in total. The van der Waals surface area contributed by atoms with Crippen molar-refractivity contribution in [1.82, 2.24) is 8.75 Å². The highest BCUT2D eigenvalue weighted by Crippen LogP contribution is 2.26. The van der Waals surface area contributed by atoms with Gasteiger partial charge in [0, 0.05) is 5.69 Å². The number of aromatic nitrogens is 2. The van der Waals surface area contributed by atoms with Gasteiger partial charge in [0.2, 0.25) is 0 Å². The second-order valence-electron chi connectivity index (χ2n) is 4.86. The van der Waals surface area contributed by atoms with Gasteiger partial charge in [-0.25, -0.2) is 0 Å². The highest BCUT2D eigenvalue weighted by Gasteiger charge is 2.13. The van der Waals surface area contributed by atoms with Crippen molar-refractivity contribution < 1.29 is 0 Å². The van der Waals surface area contributed by atoms with Crippen LogP contribution in [0.15, 0.2) is 24.3 Å². The molecule has 0 amide bonds. The number of anilines is 2. The average molecular weight is 268 g/mol. The highest BCUT2D eigenvalue weighted by atomic mass is 35.5. The van der Waals surface area contributed by atoms with Crippen LogP contribution in [0, 0.1) is 0 Å². The molecule has 0 aliphatic carbocycles. The third kappa shape index (κ3) is 2.96. The van der Waals surface area contributed by atoms with Gasteiger partial charge in [-0.05, 0) is 23.1 Å². The standard InChI is InChI=1S/C12H14ClN3S/c1-12(2,3)8-4-6-9(7-5-8)14-11-10(13)15-17-16-11/h4-7H,1-3H3,(H,14,16). The lowest BCUT2D eigenvalue weighted by molar-refractivity contribution is 0.590. The van der Waals surface area contributed by atoms with Gasteiger partial charge in [-0.15, -0.1) is 0 Å². The fourth-order valence-electron chi connectivity index (χ4n) is 1.44. The molecule has 1 aromatic carbocycles. The number of benzene rings is 1. The molecule has 3 nitrogen and oxygen atoms in total. The number of halogens is 1. The van der Waals surface area contributed by atoms with Crippen LogP contribution in [-0.4, -0.2) is 8.75 Å². The second-order valence-corrected chi connectivity index (χ2v) is 5.74. The van der Waals surface area contributed by atoms with Crippen LogP contribution >= 0.6 is 23.3 Å². The smallest absolute Gasteiger partial charge is 0.187 e. The molecule has 2 rings (SSSR count). The Morgan fingerprint density at radius 3 is 2.24 bits per heavy atom. The number of nitrogens with zero attached hydrogens (tertiary/aromatic N) is 2. The predicted molar refractivity (Wildman–Crippen MR) is 73.3 cm³/mol. The number of hydrogen-bond donors (Lipinski definition) is 1. The van der Waals surface area contributed by atoms with Gasteiger partial charge in [0.25, 0.3) is 0 Å². The van der Waals surface area contributed by atoms with Crippen molar-refractivity contribution in [2.75, 3.05) is 5.32 Å². The molecule has 0 saturated heterocycles. The van der Waals surface area contributed by atoms with Crippen molar-refractivity contribution in [2.45, 2.75) is 26.2 Å². The fraction of sp³-hybridized carbons (Fsp3) is 0.333. The molecule has 0 radical (unpaired) electrons. The molecular weight excluding hydrogens is 254 g/mol. The Hall–Kier alpha value is -1.13. The summed E-state index contributed by atoms with van der Waals surface area (Å²) in [6.07, 6.45) is 0. The Morgan fingerprint density at radius 2 is 1.76 bits per heavy atom. The minimum Gasteiger partial charge on any atom is -0.337 e. The van der Waals surface area contributed by atoms with Crippen LogP contribution in [0.1, 0.15) is 26.3 Å². The molecule has 0 aliphatic heterocycles. The number of nitrogens with one attached hydrogen (secondary N) is 1. The Labute approximate surface area is 110 Å². The SMILES string of the molecule is CC(C)(C)c1ccc(Nc2nsnc2Cl)cc1. The zero-order valence-electron chi connectivity index (χ0n) is 9.99. The monoisotopic (exact) mass is 267 g/mol. The van der Waals surface area contributed by atoms with E-state index >= 15 is 0 Å². The van der Waals surface area contributed by atoms with Crippen molar-refractivity contribution >= 4 is 34.8 Å². The second kappa shape index (κ2) is 4.63. The van der Waals surface area contributed by atoms with Crippen LogP contribution in [0.25, 0.3) is 0 Å². The zero-order chi connectivity index (χ0) is 12.5. The summed E-state index contributed by atoms with van der Waals surface area (Å²) in [5.41, 5.74) is 2.43. The van der Waals surface area contributed by atoms with Gasteiger partial charge >= 0.3 is 0 Å². The lowest BCUT2D eigenvalue weighted by Crippen LogP contribution is -2.10. The van der Waals surface area contributed by atoms with Crippen molar-refractivity contribution in [1.29, 1.82) is 0 Å². The minimum atomic E-state index is 0.165. The molecule has 90 valence electrons. The molecule has 0 unspecified atom stereocenters. The van der Waals surface area contributed by atoms with E-state index in [-0.39, 0.29) is 5.41 Å². The van der Waals surface area contributed by atoms with Crippen LogP contribution in [0.4, 0.5) is 11.5 Å². The highest BCUT2D eigenvalue weighted by molar-refractivity contribution is 6.99. The summed E-state index contributed by atoms with van der Waals surface area (Å²) >= 11 is 6.97. The lowest BCUT2D eigenvalue weighted by atomic mass is 9.87. The molecule has 2 aromatic rings. The average Bonchev–Trinajstić information content (AvgIpc) is 2.64. The normalized spacial score (nSPS) is 11.5. The fourth-order valence-corrected chi connectivity index (χ4v) is 2.09. The molecule has 1 heterocycles. The van der Waals surface area contributed by atoms with E-state index in [4.69, 9.17) is 11.6 Å². The molecule has 0 atom stereocenters. The van der Waals surface area contributed by atoms with Gasteiger partial charge in [0.05, 0.1) is 11.7 Å². The molecule has 0 saturated carbocycles. The van der Waals surface area contributed by atoms with Gasteiger partial charge in [0.1, 0.15) is 0 Å². The molecule has 0 fully saturated rings. The summed E-state index contributed by atoms with van der Waals surface area (Å²) in [4.78, 5) is 0. The summed E-state index contributed by atoms with van der Waals surface area (Å²) in [6, 6.07) is 8.26. The molecule has 5 heteroatoms. The maximum Gasteiger partial charge on any atom is 0.187 e. The van der Waals surface area contributed by atoms with Crippen LogP contribution in [0.2, 0.25) is 5.15 Å². The van der Waals surface area contributed by atoms with E-state index < -0.39 is 0 Å². The summed E-state index contributed by atoms with van der Waals surface area (Å²) in [5.74, 6) is 0.611. The topological polar surface area (TPSA) is 37.8 Å². The quantitative estimate of drug-likeness (QED) is 0.885. The van der Waals surface area contributed by atoms with Crippen LogP contribution < -0.4 is 5.32 Å². The molecule has 1 aromatic heterocycles. The van der Waals surface area contributed by atoms with Crippen LogP contribution in [0.3, 0.4) is 0 Å². The predicted octanol–water partition coefficient (Wildman–Crippen LogP) is 4.23. The first-order chi connectivity index (χ1) is 7.97. The number of hydrogen-bond acceptors (Lipinski definition) is 4. The van der Waals surface area contributed by atoms with E-state index in [1.807, 2.05) is 12.1 Å². The Kier molecular flexibility index (Phi) is 3.35. The zero-order valence-corrected chi connectivity index (χ0v) is 11.6. The van der Waals surface area contributed by atoms with E-state index in [1.165, 1.54) is 5.56 Å². The summed E-state index contributed by atoms with van der Waals surface area (Å²) < 4.78 is 7.97. The van der Waals surface area contributed by atoms with Crippen molar-refractivity contribution in [3.63, 3.8) is 0 Å². The van der Waals surface area contributed by atoms with Crippen LogP contribution in [0.5, 0.6) is 0 Å². The van der Waals surface area contributed by atoms with Crippen molar-refractivity contribution in [3.8, 4) is 0 Å². The van der Waals surface area contributed by atoms with Crippen molar-refractivity contribution in [2.24, 2.45) is 0 Å². The molecule has 0 spiro atoms. The third-order valence-electron chi connectivity index (χ3n) is 2.46. The molecule has 17 heavy (non-hydrogen) atoms. The molecule has 0 bridgehead atoms. The van der Waals surface area contributed by atoms with Crippen molar-refractivity contribution in [3.05, 3.63) is 35.0 Å². The van der Waals surface area contributed by atoms with E-state index in [9.17, 15) is 0 Å². The van der Waals surface area contributed by atoms with Gasteiger partial charge in [0.15, 0.2) is 11.0 Å². The van der Waals surface area contributed by atoms with E-state index in [0.29, 0.717) is 11.0 Å². The van der Waals surface area contributed by atoms with Crippen LogP contribution in [-0.2, 0) is 5.41 Å². The maximum atomic E-state index is 5.87. The van der Waals surface area contributed by atoms with E-state index in [2.05, 4.69) is 47.0 Å². The summed E-state index contributed by atoms with van der Waals surface area (Å²) in [5, 5.41) is 3.55. The summed E-state index contributed by atoms with van der Waals surface area (Å²) in [6.45, 7) is 6.57. The lowest BCUT2D eigenvalue weighted by Gasteiger charge is -2.19. The molecular formula is C12H14ClN3S. The van der Waals surface area contributed by atoms with Gasteiger partial charge in [-0.3, -0.25) is 0 Å². The van der Waals surface area contributed by atoms with Gasteiger partial charge < -0.3 is 5.32 Å². The number of rotatable bonds is 2. The molecule has 0 aliphatic rings. The van der Waals surface area contributed by atoms with E-state index in [0.717, 1.165) is 17.4 Å². The van der Waals surface area contributed by atoms with E-state index in [1.54, 1.807) is 0 Å². The third-order valence-corrected chi connectivity index (χ3v) is 3.35. The largest absolute Gasteiger partial charge is 0.337 e. The Balaban J connectivity index is 2.17. The Morgan fingerprint density at radius 1 is 1.12 bits per heavy atom. The first-order valence-corrected chi connectivity index (χ1v) is 6.43. The van der Waals surface area contributed by atoms with Gasteiger partial charge in [-0.2, -0.15) is 8.75 Å². The van der Waals surface area contributed by atoms with Gasteiger partial charge in [-0.1, -0.05) is 44.5 Å². The summed E-state index contributed by atoms with van der Waals surface area (Å²) in [7, 11) is 0. The first-order valence-electron chi connectivity index (χ1n) is 5.32. The maximum absolute atomic E-state index is 5.87. The minimum absolute atomic E-state index is 0.165. The first kappa shape index (κ1) is 12.3. The Bertz CT molecular complexity index is 499.